The van der Waals surface area contributed by atoms with E-state index in [0.717, 1.165) is 5.92 Å². The van der Waals surface area contributed by atoms with Crippen LogP contribution in [0.15, 0.2) is 0 Å². The Balaban J connectivity index is 2.62. The van der Waals surface area contributed by atoms with Crippen molar-refractivity contribution in [3.8, 4) is 0 Å². The van der Waals surface area contributed by atoms with Crippen LogP contribution < -0.4 is 5.32 Å². The lowest BCUT2D eigenvalue weighted by Crippen LogP contribution is -2.47. The van der Waals surface area contributed by atoms with E-state index in [2.05, 4.69) is 44.8 Å². The van der Waals surface area contributed by atoms with Crippen molar-refractivity contribution in [2.24, 2.45) is 11.3 Å². The topological polar surface area (TPSA) is 15.3 Å². The van der Waals surface area contributed by atoms with Crippen LogP contribution in [0.5, 0.6) is 0 Å². The summed E-state index contributed by atoms with van der Waals surface area (Å²) < 4.78 is 0. The molecule has 0 aliphatic carbocycles. The lowest BCUT2D eigenvalue weighted by atomic mass is 9.76. The zero-order chi connectivity index (χ0) is 12.9. The van der Waals surface area contributed by atoms with Gasteiger partial charge < -0.3 is 10.2 Å². The molecule has 0 amide bonds. The number of nitrogens with one attached hydrogen (secondary N) is 1. The fraction of sp³-hybridized carbons (Fsp3) is 1.00. The van der Waals surface area contributed by atoms with Crippen LogP contribution in [0.25, 0.3) is 0 Å². The summed E-state index contributed by atoms with van der Waals surface area (Å²) in [5, 5.41) is 3.50. The van der Waals surface area contributed by atoms with Gasteiger partial charge in [0.1, 0.15) is 0 Å². The average molecular weight is 240 g/mol. The SMILES string of the molecule is CCC1(CN(CC(C)C)C(C)C)CCNCC1. The van der Waals surface area contributed by atoms with Crippen molar-refractivity contribution in [2.75, 3.05) is 26.2 Å². The first kappa shape index (κ1) is 15.0. The average Bonchev–Trinajstić information content (AvgIpc) is 2.29. The van der Waals surface area contributed by atoms with Gasteiger partial charge in [-0.25, -0.2) is 0 Å². The maximum Gasteiger partial charge on any atom is 0.00416 e. The largest absolute Gasteiger partial charge is 0.317 e. The maximum absolute atomic E-state index is 3.50. The highest BCUT2D eigenvalue weighted by molar-refractivity contribution is 4.87. The monoisotopic (exact) mass is 240 g/mol. The predicted octanol–water partition coefficient (Wildman–Crippen LogP) is 3.13. The highest BCUT2D eigenvalue weighted by Crippen LogP contribution is 2.34. The van der Waals surface area contributed by atoms with Crippen LogP contribution in [-0.2, 0) is 0 Å². The molecule has 0 spiro atoms. The molecule has 1 aliphatic heterocycles. The van der Waals surface area contributed by atoms with Crippen molar-refractivity contribution in [3.63, 3.8) is 0 Å². The van der Waals surface area contributed by atoms with Gasteiger partial charge in [0.15, 0.2) is 0 Å². The van der Waals surface area contributed by atoms with Gasteiger partial charge in [0.2, 0.25) is 0 Å². The van der Waals surface area contributed by atoms with E-state index in [1.165, 1.54) is 45.4 Å². The summed E-state index contributed by atoms with van der Waals surface area (Å²) in [6.45, 7) is 16.7. The molecule has 0 bridgehead atoms. The Morgan fingerprint density at radius 3 is 2.12 bits per heavy atom. The summed E-state index contributed by atoms with van der Waals surface area (Å²) in [5.74, 6) is 0.771. The summed E-state index contributed by atoms with van der Waals surface area (Å²) in [4.78, 5) is 2.69. The van der Waals surface area contributed by atoms with Crippen LogP contribution in [0.2, 0.25) is 0 Å². The Hall–Kier alpha value is -0.0800. The first-order valence-electron chi connectivity index (χ1n) is 7.44. The fourth-order valence-corrected chi connectivity index (χ4v) is 2.94. The van der Waals surface area contributed by atoms with Gasteiger partial charge in [0.05, 0.1) is 0 Å². The van der Waals surface area contributed by atoms with Crippen LogP contribution >= 0.6 is 0 Å². The smallest absolute Gasteiger partial charge is 0.00416 e. The molecule has 0 radical (unpaired) electrons. The molecule has 1 rings (SSSR count). The first-order valence-corrected chi connectivity index (χ1v) is 7.44. The van der Waals surface area contributed by atoms with Gasteiger partial charge in [-0.05, 0) is 57.5 Å². The number of hydrogen-bond acceptors (Lipinski definition) is 2. The molecule has 0 aromatic carbocycles. The van der Waals surface area contributed by atoms with Crippen molar-refractivity contribution in [1.82, 2.24) is 10.2 Å². The molecule has 0 unspecified atom stereocenters. The van der Waals surface area contributed by atoms with Gasteiger partial charge in [-0.15, -0.1) is 0 Å². The highest BCUT2D eigenvalue weighted by atomic mass is 15.2. The van der Waals surface area contributed by atoms with E-state index < -0.39 is 0 Å². The molecule has 2 heteroatoms. The molecule has 1 aliphatic rings. The number of nitrogens with zero attached hydrogens (tertiary/aromatic N) is 1. The fourth-order valence-electron chi connectivity index (χ4n) is 2.94. The number of rotatable bonds is 6. The first-order chi connectivity index (χ1) is 7.99. The molecule has 2 nitrogen and oxygen atoms in total. The minimum absolute atomic E-state index is 0.574. The summed E-state index contributed by atoms with van der Waals surface area (Å²) in [6, 6.07) is 0.677. The summed E-state index contributed by atoms with van der Waals surface area (Å²) in [7, 11) is 0. The van der Waals surface area contributed by atoms with Gasteiger partial charge in [-0.2, -0.15) is 0 Å². The molecule has 0 saturated carbocycles. The molecule has 1 fully saturated rings. The molecule has 0 atom stereocenters. The molecule has 1 N–H and O–H groups in total. The Morgan fingerprint density at radius 2 is 1.71 bits per heavy atom. The van der Waals surface area contributed by atoms with Gasteiger partial charge in [-0.1, -0.05) is 20.8 Å². The van der Waals surface area contributed by atoms with Gasteiger partial charge >= 0.3 is 0 Å². The van der Waals surface area contributed by atoms with E-state index in [1.54, 1.807) is 0 Å². The van der Waals surface area contributed by atoms with Crippen LogP contribution in [0, 0.1) is 11.3 Å². The third-order valence-electron chi connectivity index (χ3n) is 4.28. The minimum Gasteiger partial charge on any atom is -0.317 e. The van der Waals surface area contributed by atoms with Crippen molar-refractivity contribution in [2.45, 2.75) is 59.9 Å². The van der Waals surface area contributed by atoms with E-state index in [1.807, 2.05) is 0 Å². The molecule has 17 heavy (non-hydrogen) atoms. The molecule has 0 aromatic rings. The second-order valence-corrected chi connectivity index (χ2v) is 6.52. The minimum atomic E-state index is 0.574. The van der Waals surface area contributed by atoms with Gasteiger partial charge in [0.25, 0.3) is 0 Å². The lowest BCUT2D eigenvalue weighted by molar-refractivity contribution is 0.0783. The van der Waals surface area contributed by atoms with Crippen LogP contribution in [-0.4, -0.2) is 37.1 Å². The Kier molecular flexibility index (Phi) is 5.94. The third-order valence-corrected chi connectivity index (χ3v) is 4.28. The Bertz CT molecular complexity index is 205. The van der Waals surface area contributed by atoms with Crippen molar-refractivity contribution < 1.29 is 0 Å². The van der Waals surface area contributed by atoms with E-state index >= 15 is 0 Å². The van der Waals surface area contributed by atoms with E-state index in [0.29, 0.717) is 11.5 Å². The zero-order valence-corrected chi connectivity index (χ0v) is 12.6. The third kappa shape index (κ3) is 4.59. The molecule has 1 heterocycles. The van der Waals surface area contributed by atoms with E-state index in [-0.39, 0.29) is 0 Å². The molecule has 102 valence electrons. The van der Waals surface area contributed by atoms with Crippen molar-refractivity contribution in [1.29, 1.82) is 0 Å². The van der Waals surface area contributed by atoms with Crippen LogP contribution in [0.1, 0.15) is 53.9 Å². The van der Waals surface area contributed by atoms with Crippen molar-refractivity contribution in [3.05, 3.63) is 0 Å². The van der Waals surface area contributed by atoms with E-state index in [9.17, 15) is 0 Å². The van der Waals surface area contributed by atoms with Gasteiger partial charge in [-0.3, -0.25) is 0 Å². The molecule has 0 aromatic heterocycles. The second-order valence-electron chi connectivity index (χ2n) is 6.52. The standard InChI is InChI=1S/C15H32N2/c1-6-15(7-9-16-10-8-15)12-17(14(4)5)11-13(2)3/h13-14,16H,6-12H2,1-5H3. The second kappa shape index (κ2) is 6.75. The summed E-state index contributed by atoms with van der Waals surface area (Å²) in [6.07, 6.45) is 4.03. The highest BCUT2D eigenvalue weighted by Gasteiger charge is 2.32. The van der Waals surface area contributed by atoms with E-state index in [4.69, 9.17) is 0 Å². The van der Waals surface area contributed by atoms with Gasteiger partial charge in [0, 0.05) is 19.1 Å². The maximum atomic E-state index is 3.50. The summed E-state index contributed by atoms with van der Waals surface area (Å²) in [5.41, 5.74) is 0.574. The number of hydrogen-bond donors (Lipinski definition) is 1. The predicted molar refractivity (Wildman–Crippen MR) is 76.4 cm³/mol. The van der Waals surface area contributed by atoms with Crippen LogP contribution in [0.4, 0.5) is 0 Å². The lowest BCUT2D eigenvalue weighted by Gasteiger charge is -2.43. The molecular formula is C15H32N2. The Labute approximate surface area is 108 Å². The van der Waals surface area contributed by atoms with Crippen molar-refractivity contribution >= 4 is 0 Å². The molecule has 1 saturated heterocycles. The zero-order valence-electron chi connectivity index (χ0n) is 12.6. The molecular weight excluding hydrogens is 208 g/mol. The number of piperidine rings is 1. The quantitative estimate of drug-likeness (QED) is 0.767. The Morgan fingerprint density at radius 1 is 1.12 bits per heavy atom. The van der Waals surface area contributed by atoms with Crippen LogP contribution in [0.3, 0.4) is 0 Å². The summed E-state index contributed by atoms with van der Waals surface area (Å²) >= 11 is 0. The normalized spacial score (nSPS) is 20.5.